The minimum Gasteiger partial charge on any atom is -0.378 e. The van der Waals surface area contributed by atoms with Gasteiger partial charge in [0.25, 0.3) is 0 Å². The summed E-state index contributed by atoms with van der Waals surface area (Å²) >= 11 is 0. The average Bonchev–Trinajstić information content (AvgIpc) is 2.94. The number of halogens is 1. The molecule has 0 amide bonds. The third-order valence-corrected chi connectivity index (χ3v) is 4.68. The highest BCUT2D eigenvalue weighted by Crippen LogP contribution is 2.14. The Morgan fingerprint density at radius 2 is 1.41 bits per heavy atom. The van der Waals surface area contributed by atoms with Gasteiger partial charge in [-0.2, -0.15) is 4.99 Å². The number of fused-ring (bicyclic) bond motifs is 1. The van der Waals surface area contributed by atoms with Gasteiger partial charge in [0.1, 0.15) is 0 Å². The van der Waals surface area contributed by atoms with Gasteiger partial charge in [-0.3, -0.25) is 0 Å². The van der Waals surface area contributed by atoms with E-state index in [-0.39, 0.29) is 24.0 Å². The van der Waals surface area contributed by atoms with Crippen molar-refractivity contribution in [1.82, 2.24) is 14.0 Å². The third-order valence-electron chi connectivity index (χ3n) is 4.68. The molecule has 0 saturated carbocycles. The van der Waals surface area contributed by atoms with E-state index in [0.717, 1.165) is 41.4 Å². The van der Waals surface area contributed by atoms with Crippen LogP contribution in [0.1, 0.15) is 0 Å². The second-order valence-corrected chi connectivity index (χ2v) is 6.37. The number of rotatable bonds is 1. The van der Waals surface area contributed by atoms with Gasteiger partial charge >= 0.3 is 0 Å². The van der Waals surface area contributed by atoms with E-state index in [9.17, 15) is 0 Å². The summed E-state index contributed by atoms with van der Waals surface area (Å²) in [6.45, 7) is 2.99. The molecular weight excluding hydrogens is 453 g/mol. The number of morpholine rings is 1. The van der Waals surface area contributed by atoms with Crippen molar-refractivity contribution in [2.75, 3.05) is 26.3 Å². The topological polar surface area (TPSA) is 47.1 Å². The first-order valence-corrected chi connectivity index (χ1v) is 8.85. The highest BCUT2D eigenvalue weighted by atomic mass is 127. The van der Waals surface area contributed by atoms with Crippen molar-refractivity contribution in [3.8, 4) is 0 Å². The van der Waals surface area contributed by atoms with Gasteiger partial charge in [0.15, 0.2) is 0 Å². The smallest absolute Gasteiger partial charge is 0.229 e. The van der Waals surface area contributed by atoms with Gasteiger partial charge in [-0.05, 0) is 24.3 Å². The molecule has 0 radical (unpaired) electrons. The second kappa shape index (κ2) is 8.71. The lowest BCUT2D eigenvalue weighted by molar-refractivity contribution is 0.0675. The Kier molecular flexibility index (Phi) is 6.33. The molecule has 6 nitrogen and oxygen atoms in total. The van der Waals surface area contributed by atoms with Crippen molar-refractivity contribution in [1.29, 1.82) is 0 Å². The number of ether oxygens (including phenoxy) is 1. The first-order valence-electron chi connectivity index (χ1n) is 8.85. The molecule has 1 fully saturated rings. The Balaban J connectivity index is 0.00000210. The molecule has 7 heteroatoms. The molecule has 0 aliphatic carbocycles. The number of hydrogen-bond acceptors (Lipinski definition) is 2. The molecule has 0 spiro atoms. The van der Waals surface area contributed by atoms with Crippen LogP contribution in [0.2, 0.25) is 0 Å². The maximum atomic E-state index is 5.50. The fourth-order valence-electron chi connectivity index (χ4n) is 3.26. The van der Waals surface area contributed by atoms with Crippen molar-refractivity contribution in [3.05, 3.63) is 60.2 Å². The summed E-state index contributed by atoms with van der Waals surface area (Å²) in [6.07, 6.45) is 0. The number of hydrogen-bond donors (Lipinski definition) is 0. The highest BCUT2D eigenvalue weighted by molar-refractivity contribution is 14.0. The van der Waals surface area contributed by atoms with E-state index >= 15 is 0 Å². The minimum absolute atomic E-state index is 0. The van der Waals surface area contributed by atoms with Gasteiger partial charge in [0.05, 0.1) is 29.9 Å². The first-order chi connectivity index (χ1) is 12.7. The zero-order valence-corrected chi connectivity index (χ0v) is 17.9. The fourth-order valence-corrected chi connectivity index (χ4v) is 3.26. The third kappa shape index (κ3) is 4.08. The van der Waals surface area contributed by atoms with Crippen LogP contribution in [0.3, 0.4) is 0 Å². The molecule has 1 aliphatic heterocycles. The Bertz CT molecular complexity index is 958. The molecule has 1 saturated heterocycles. The van der Waals surface area contributed by atoms with Gasteiger partial charge in [-0.25, -0.2) is 4.99 Å². The lowest BCUT2D eigenvalue weighted by Crippen LogP contribution is -2.41. The maximum Gasteiger partial charge on any atom is 0.229 e. The number of benzene rings is 2. The second-order valence-electron chi connectivity index (χ2n) is 6.37. The lowest BCUT2D eigenvalue weighted by atomic mass is 10.3. The van der Waals surface area contributed by atoms with Crippen LogP contribution in [-0.2, 0) is 18.8 Å². The average molecular weight is 477 g/mol. The van der Waals surface area contributed by atoms with Crippen LogP contribution < -0.4 is 5.62 Å². The van der Waals surface area contributed by atoms with Crippen LogP contribution >= 0.6 is 24.0 Å². The van der Waals surface area contributed by atoms with Crippen molar-refractivity contribution in [2.24, 2.45) is 24.1 Å². The van der Waals surface area contributed by atoms with Gasteiger partial charge < -0.3 is 18.8 Å². The molecule has 2 heterocycles. The molecule has 0 N–H and O–H groups in total. The normalized spacial score (nSPS) is 14.9. The van der Waals surface area contributed by atoms with Gasteiger partial charge in [-0.15, -0.1) is 24.0 Å². The lowest BCUT2D eigenvalue weighted by Gasteiger charge is -2.27. The summed E-state index contributed by atoms with van der Waals surface area (Å²) in [5, 5.41) is 0. The summed E-state index contributed by atoms with van der Waals surface area (Å²) < 4.78 is 9.71. The number of aliphatic imine (C=N–C) groups is 1. The van der Waals surface area contributed by atoms with Crippen molar-refractivity contribution in [3.63, 3.8) is 0 Å². The standard InChI is InChI=1S/C20H23N5O.HI/c1-23-17-10-6-7-11-18(17)24(2)20(23)22-19(25-12-14-26-15-13-25)21-16-8-4-3-5-9-16;/h3-11H,12-15H2,1-2H3;1H. The highest BCUT2D eigenvalue weighted by Gasteiger charge is 2.16. The Morgan fingerprint density at radius 1 is 0.852 bits per heavy atom. The van der Waals surface area contributed by atoms with E-state index < -0.39 is 0 Å². The molecule has 142 valence electrons. The number of imidazole rings is 1. The zero-order valence-electron chi connectivity index (χ0n) is 15.6. The summed E-state index contributed by atoms with van der Waals surface area (Å²) in [4.78, 5) is 12.0. The van der Waals surface area contributed by atoms with Crippen molar-refractivity contribution >= 4 is 46.7 Å². The van der Waals surface area contributed by atoms with E-state index in [2.05, 4.69) is 26.2 Å². The van der Waals surface area contributed by atoms with E-state index in [0.29, 0.717) is 13.2 Å². The molecule has 27 heavy (non-hydrogen) atoms. The van der Waals surface area contributed by atoms with Gasteiger partial charge in [-0.1, -0.05) is 30.3 Å². The minimum atomic E-state index is 0. The predicted octanol–water partition coefficient (Wildman–Crippen LogP) is 3.06. The zero-order chi connectivity index (χ0) is 17.9. The number of aryl methyl sites for hydroxylation is 2. The summed E-state index contributed by atoms with van der Waals surface area (Å²) in [7, 11) is 4.08. The Morgan fingerprint density at radius 3 is 2.00 bits per heavy atom. The molecule has 1 aliphatic rings. The Hall–Kier alpha value is -2.13. The van der Waals surface area contributed by atoms with E-state index in [4.69, 9.17) is 14.7 Å². The van der Waals surface area contributed by atoms with Crippen LogP contribution in [0.25, 0.3) is 11.0 Å². The Labute approximate surface area is 175 Å². The largest absolute Gasteiger partial charge is 0.378 e. The molecule has 3 aromatic rings. The summed E-state index contributed by atoms with van der Waals surface area (Å²) in [5.41, 5.74) is 4.07. The van der Waals surface area contributed by atoms with E-state index in [1.165, 1.54) is 0 Å². The molecule has 4 rings (SSSR count). The first kappa shape index (κ1) is 19.6. The maximum absolute atomic E-state index is 5.50. The fraction of sp³-hybridized carbons (Fsp3) is 0.300. The number of para-hydroxylation sites is 3. The van der Waals surface area contributed by atoms with Crippen LogP contribution in [-0.4, -0.2) is 46.3 Å². The van der Waals surface area contributed by atoms with Crippen LogP contribution in [0.15, 0.2) is 64.6 Å². The number of guanidine groups is 1. The monoisotopic (exact) mass is 477 g/mol. The SMILES string of the molecule is Cn1c(=NC(=Nc2ccccc2)N2CCOCC2)n(C)c2ccccc21.I. The van der Waals surface area contributed by atoms with Crippen molar-refractivity contribution in [2.45, 2.75) is 0 Å². The van der Waals surface area contributed by atoms with Crippen molar-refractivity contribution < 1.29 is 4.74 Å². The molecule has 1 aromatic heterocycles. The van der Waals surface area contributed by atoms with Crippen LogP contribution in [0, 0.1) is 0 Å². The van der Waals surface area contributed by atoms with Gasteiger partial charge in [0, 0.05) is 27.2 Å². The van der Waals surface area contributed by atoms with Crippen LogP contribution in [0.4, 0.5) is 5.69 Å². The predicted molar refractivity (Wildman–Crippen MR) is 119 cm³/mol. The summed E-state index contributed by atoms with van der Waals surface area (Å²) in [6, 6.07) is 18.3. The molecule has 0 atom stereocenters. The van der Waals surface area contributed by atoms with E-state index in [1.54, 1.807) is 0 Å². The molecule has 0 bridgehead atoms. The molecule has 0 unspecified atom stereocenters. The molecular formula is C20H24IN5O. The summed E-state index contributed by atoms with van der Waals surface area (Å²) in [5.74, 6) is 0.723. The quantitative estimate of drug-likeness (QED) is 0.308. The molecule has 2 aromatic carbocycles. The number of nitrogens with zero attached hydrogens (tertiary/aromatic N) is 5. The van der Waals surface area contributed by atoms with E-state index in [1.807, 2.05) is 56.6 Å². The number of aromatic nitrogens is 2. The van der Waals surface area contributed by atoms with Gasteiger partial charge in [0.2, 0.25) is 11.6 Å². The van der Waals surface area contributed by atoms with Crippen LogP contribution in [0.5, 0.6) is 0 Å².